The number of nitrogens with one attached hydrogen (secondary N) is 2. The number of aromatic amines is 1. The van der Waals surface area contributed by atoms with Crippen LogP contribution in [0, 0.1) is 0 Å². The van der Waals surface area contributed by atoms with Crippen molar-refractivity contribution in [2.45, 2.75) is 11.8 Å². The summed E-state index contributed by atoms with van der Waals surface area (Å²) in [5, 5.41) is 3.52. The number of anilines is 3. The molecule has 3 heterocycles. The van der Waals surface area contributed by atoms with Gasteiger partial charge in [0.25, 0.3) is 5.56 Å². The number of likely N-dealkylation sites (N-methyl/N-ethyl adjacent to an activating group) is 1. The third kappa shape index (κ3) is 4.14. The molecule has 1 aromatic carbocycles. The Labute approximate surface area is 174 Å². The first kappa shape index (κ1) is 20.3. The van der Waals surface area contributed by atoms with Gasteiger partial charge in [0.05, 0.1) is 16.7 Å². The highest BCUT2D eigenvalue weighted by Crippen LogP contribution is 2.26. The van der Waals surface area contributed by atoms with Gasteiger partial charge in [-0.15, -0.1) is 0 Å². The molecule has 0 aliphatic carbocycles. The number of pyridine rings is 1. The molecule has 1 saturated heterocycles. The number of piperazine rings is 1. The SMILES string of the molecule is CCN1CCN(c2cc3nc[nH]c(=O)c3c(Nc3ccc(S(C)(=O)=O)cc3)n2)CC1. The van der Waals surface area contributed by atoms with Gasteiger partial charge in [0.15, 0.2) is 9.84 Å². The van der Waals surface area contributed by atoms with Crippen molar-refractivity contribution in [3.8, 4) is 0 Å². The number of aromatic nitrogens is 3. The lowest BCUT2D eigenvalue weighted by Crippen LogP contribution is -2.46. The lowest BCUT2D eigenvalue weighted by atomic mass is 10.2. The van der Waals surface area contributed by atoms with E-state index in [1.165, 1.54) is 18.5 Å². The zero-order valence-corrected chi connectivity index (χ0v) is 17.7. The van der Waals surface area contributed by atoms with Crippen LogP contribution in [0.2, 0.25) is 0 Å². The predicted molar refractivity (Wildman–Crippen MR) is 117 cm³/mol. The van der Waals surface area contributed by atoms with Crippen molar-refractivity contribution >= 4 is 38.1 Å². The van der Waals surface area contributed by atoms with Gasteiger partial charge in [-0.25, -0.2) is 18.4 Å². The topological polar surface area (TPSA) is 111 Å². The minimum Gasteiger partial charge on any atom is -0.354 e. The van der Waals surface area contributed by atoms with Gasteiger partial charge in [-0.2, -0.15) is 0 Å². The molecule has 0 radical (unpaired) electrons. The summed E-state index contributed by atoms with van der Waals surface area (Å²) in [7, 11) is -3.28. The van der Waals surface area contributed by atoms with E-state index in [1.54, 1.807) is 12.1 Å². The number of nitrogens with zero attached hydrogens (tertiary/aromatic N) is 4. The van der Waals surface area contributed by atoms with E-state index >= 15 is 0 Å². The number of rotatable bonds is 5. The molecule has 10 heteroatoms. The van der Waals surface area contributed by atoms with E-state index in [2.05, 4.69) is 32.0 Å². The fourth-order valence-corrected chi connectivity index (χ4v) is 4.18. The number of H-pyrrole nitrogens is 1. The highest BCUT2D eigenvalue weighted by molar-refractivity contribution is 7.90. The van der Waals surface area contributed by atoms with Crippen molar-refractivity contribution in [3.05, 3.63) is 47.0 Å². The zero-order chi connectivity index (χ0) is 21.3. The van der Waals surface area contributed by atoms with Gasteiger partial charge in [0.2, 0.25) is 0 Å². The highest BCUT2D eigenvalue weighted by Gasteiger charge is 2.20. The fraction of sp³-hybridized carbons (Fsp3) is 0.350. The highest BCUT2D eigenvalue weighted by atomic mass is 32.2. The molecule has 2 aromatic heterocycles. The summed E-state index contributed by atoms with van der Waals surface area (Å²) in [4.78, 5) is 28.9. The minimum absolute atomic E-state index is 0.230. The van der Waals surface area contributed by atoms with Gasteiger partial charge in [0.1, 0.15) is 17.0 Å². The Balaban J connectivity index is 1.71. The minimum atomic E-state index is -3.28. The van der Waals surface area contributed by atoms with Crippen molar-refractivity contribution in [2.75, 3.05) is 49.2 Å². The summed E-state index contributed by atoms with van der Waals surface area (Å²) < 4.78 is 23.4. The smallest absolute Gasteiger partial charge is 0.262 e. The van der Waals surface area contributed by atoms with Gasteiger partial charge in [-0.05, 0) is 30.8 Å². The van der Waals surface area contributed by atoms with E-state index in [0.29, 0.717) is 22.4 Å². The van der Waals surface area contributed by atoms with Gasteiger partial charge in [-0.3, -0.25) is 4.79 Å². The van der Waals surface area contributed by atoms with Crippen molar-refractivity contribution in [1.29, 1.82) is 0 Å². The average Bonchev–Trinajstić information content (AvgIpc) is 2.73. The second kappa shape index (κ2) is 8.04. The Morgan fingerprint density at radius 1 is 1.13 bits per heavy atom. The van der Waals surface area contributed by atoms with Crippen molar-refractivity contribution in [3.63, 3.8) is 0 Å². The van der Waals surface area contributed by atoms with Crippen LogP contribution >= 0.6 is 0 Å². The van der Waals surface area contributed by atoms with Crippen LogP contribution in [0.25, 0.3) is 10.9 Å². The molecule has 0 saturated carbocycles. The Bertz CT molecular complexity index is 1220. The largest absolute Gasteiger partial charge is 0.354 e. The van der Waals surface area contributed by atoms with Crippen molar-refractivity contribution in [2.24, 2.45) is 0 Å². The van der Waals surface area contributed by atoms with Crippen LogP contribution in [0.4, 0.5) is 17.3 Å². The monoisotopic (exact) mass is 428 g/mol. The van der Waals surface area contributed by atoms with E-state index < -0.39 is 9.84 Å². The summed E-state index contributed by atoms with van der Waals surface area (Å²) in [6, 6.07) is 8.19. The molecule has 2 N–H and O–H groups in total. The molecule has 0 atom stereocenters. The van der Waals surface area contributed by atoms with Crippen LogP contribution in [-0.4, -0.2) is 67.2 Å². The lowest BCUT2D eigenvalue weighted by molar-refractivity contribution is 0.270. The molecule has 0 unspecified atom stereocenters. The van der Waals surface area contributed by atoms with Gasteiger partial charge >= 0.3 is 0 Å². The first-order valence-corrected chi connectivity index (χ1v) is 11.7. The molecular weight excluding hydrogens is 404 g/mol. The second-order valence-electron chi connectivity index (χ2n) is 7.30. The lowest BCUT2D eigenvalue weighted by Gasteiger charge is -2.35. The molecule has 0 spiro atoms. The summed E-state index contributed by atoms with van der Waals surface area (Å²) in [6.07, 6.45) is 2.55. The van der Waals surface area contributed by atoms with Crippen molar-refractivity contribution < 1.29 is 8.42 Å². The Morgan fingerprint density at radius 3 is 2.47 bits per heavy atom. The summed E-state index contributed by atoms with van der Waals surface area (Å²) >= 11 is 0. The number of hydrogen-bond donors (Lipinski definition) is 2. The van der Waals surface area contributed by atoms with E-state index in [4.69, 9.17) is 4.98 Å². The number of hydrogen-bond acceptors (Lipinski definition) is 8. The third-order valence-corrected chi connectivity index (χ3v) is 6.43. The Hall–Kier alpha value is -2.98. The van der Waals surface area contributed by atoms with Crippen LogP contribution in [0.1, 0.15) is 6.92 Å². The van der Waals surface area contributed by atoms with E-state index in [0.717, 1.165) is 44.8 Å². The van der Waals surface area contributed by atoms with Crippen LogP contribution in [0.15, 0.2) is 46.3 Å². The molecule has 0 amide bonds. The maximum atomic E-state index is 12.5. The molecule has 4 rings (SSSR count). The molecule has 1 aliphatic rings. The van der Waals surface area contributed by atoms with Gasteiger partial charge in [0, 0.05) is 44.2 Å². The van der Waals surface area contributed by atoms with Crippen LogP contribution in [-0.2, 0) is 9.84 Å². The Morgan fingerprint density at radius 2 is 1.83 bits per heavy atom. The first-order chi connectivity index (χ1) is 14.3. The van der Waals surface area contributed by atoms with Crippen LogP contribution in [0.5, 0.6) is 0 Å². The summed E-state index contributed by atoms with van der Waals surface area (Å²) in [5.41, 5.74) is 0.898. The van der Waals surface area contributed by atoms with E-state index in [1.807, 2.05) is 6.07 Å². The molecule has 9 nitrogen and oxygen atoms in total. The number of fused-ring (bicyclic) bond motifs is 1. The van der Waals surface area contributed by atoms with Crippen LogP contribution < -0.4 is 15.8 Å². The van der Waals surface area contributed by atoms with E-state index in [9.17, 15) is 13.2 Å². The van der Waals surface area contributed by atoms with Gasteiger partial charge < -0.3 is 20.1 Å². The molecule has 0 bridgehead atoms. The zero-order valence-electron chi connectivity index (χ0n) is 16.9. The molecular formula is C20H24N6O3S. The molecule has 3 aromatic rings. The molecule has 30 heavy (non-hydrogen) atoms. The molecule has 1 fully saturated rings. The average molecular weight is 429 g/mol. The van der Waals surface area contributed by atoms with E-state index in [-0.39, 0.29) is 10.5 Å². The third-order valence-electron chi connectivity index (χ3n) is 5.30. The normalized spacial score (nSPS) is 15.5. The summed E-state index contributed by atoms with van der Waals surface area (Å²) in [5.74, 6) is 1.15. The quantitative estimate of drug-likeness (QED) is 0.630. The van der Waals surface area contributed by atoms with Crippen LogP contribution in [0.3, 0.4) is 0 Å². The molecule has 158 valence electrons. The number of benzene rings is 1. The Kier molecular flexibility index (Phi) is 5.44. The number of sulfone groups is 1. The maximum absolute atomic E-state index is 12.5. The molecule has 1 aliphatic heterocycles. The van der Waals surface area contributed by atoms with Crippen molar-refractivity contribution in [1.82, 2.24) is 19.9 Å². The summed E-state index contributed by atoms with van der Waals surface area (Å²) in [6.45, 7) is 6.77. The second-order valence-corrected chi connectivity index (χ2v) is 9.31. The first-order valence-electron chi connectivity index (χ1n) is 9.78. The fourth-order valence-electron chi connectivity index (χ4n) is 3.54. The van der Waals surface area contributed by atoms with Gasteiger partial charge in [-0.1, -0.05) is 6.92 Å². The predicted octanol–water partition coefficient (Wildman–Crippen LogP) is 1.61. The maximum Gasteiger partial charge on any atom is 0.262 e. The standard InChI is InChI=1S/C20H24N6O3S/c1-3-25-8-10-26(11-9-25)17-12-16-18(20(27)22-13-21-16)19(24-17)23-14-4-6-15(7-5-14)30(2,28)29/h4-7,12-13H,3,8-11H2,1-2H3,(H,23,24)(H,21,22,27).